The van der Waals surface area contributed by atoms with Crippen LogP contribution in [0.2, 0.25) is 0 Å². The number of rotatable bonds is 4. The first kappa shape index (κ1) is 16.7. The van der Waals surface area contributed by atoms with Crippen molar-refractivity contribution in [2.75, 3.05) is 5.75 Å². The summed E-state index contributed by atoms with van der Waals surface area (Å²) in [6, 6.07) is 22.1. The Hall–Kier alpha value is -2.72. The predicted molar refractivity (Wildman–Crippen MR) is 104 cm³/mol. The molecule has 26 heavy (non-hydrogen) atoms. The highest BCUT2D eigenvalue weighted by Crippen LogP contribution is 2.38. The van der Waals surface area contributed by atoms with Crippen molar-refractivity contribution in [2.24, 2.45) is 0 Å². The van der Waals surface area contributed by atoms with E-state index in [1.54, 1.807) is 12.1 Å². The highest BCUT2D eigenvalue weighted by atomic mass is 32.2. The van der Waals surface area contributed by atoms with Crippen LogP contribution in [0.15, 0.2) is 82.1 Å². The van der Waals surface area contributed by atoms with Gasteiger partial charge in [-0.3, -0.25) is 4.21 Å². The monoisotopic (exact) mass is 364 g/mol. The van der Waals surface area contributed by atoms with Crippen LogP contribution in [0.5, 0.6) is 0 Å². The molecule has 1 heterocycles. The maximum atomic E-state index is 13.7. The zero-order chi connectivity index (χ0) is 18.1. The Morgan fingerprint density at radius 2 is 1.65 bits per heavy atom. The van der Waals surface area contributed by atoms with E-state index in [0.29, 0.717) is 27.6 Å². The van der Waals surface area contributed by atoms with Crippen molar-refractivity contribution in [3.8, 4) is 22.5 Å². The Morgan fingerprint density at radius 1 is 0.885 bits per heavy atom. The largest absolute Gasteiger partial charge is 0.455 e. The molecular formula is C22H17FO2S. The topological polar surface area (TPSA) is 30.2 Å². The highest BCUT2D eigenvalue weighted by Gasteiger charge is 2.21. The molecular weight excluding hydrogens is 347 g/mol. The molecule has 0 aliphatic carbocycles. The van der Waals surface area contributed by atoms with Gasteiger partial charge in [0.2, 0.25) is 0 Å². The lowest BCUT2D eigenvalue weighted by atomic mass is 10.0. The number of fused-ring (bicyclic) bond motifs is 1. The van der Waals surface area contributed by atoms with E-state index in [9.17, 15) is 8.60 Å². The fourth-order valence-corrected chi connectivity index (χ4v) is 4.14. The Labute approximate surface area is 153 Å². The smallest absolute Gasteiger partial charge is 0.151 e. The first-order chi connectivity index (χ1) is 12.7. The molecule has 0 saturated carbocycles. The van der Waals surface area contributed by atoms with Crippen molar-refractivity contribution < 1.29 is 13.0 Å². The van der Waals surface area contributed by atoms with Gasteiger partial charge in [-0.2, -0.15) is 0 Å². The van der Waals surface area contributed by atoms with Crippen LogP contribution in [0.1, 0.15) is 6.92 Å². The molecule has 1 atom stereocenters. The van der Waals surface area contributed by atoms with Crippen molar-refractivity contribution >= 4 is 21.8 Å². The Bertz CT molecular complexity index is 1100. The summed E-state index contributed by atoms with van der Waals surface area (Å²) in [5, 5.41) is 0.811. The van der Waals surface area contributed by atoms with Gasteiger partial charge in [-0.15, -0.1) is 0 Å². The second kappa shape index (κ2) is 6.89. The number of hydrogen-bond donors (Lipinski definition) is 0. The molecule has 0 aliphatic heterocycles. The molecule has 3 aromatic carbocycles. The minimum atomic E-state index is -1.23. The van der Waals surface area contributed by atoms with Crippen LogP contribution in [-0.2, 0) is 10.8 Å². The van der Waals surface area contributed by atoms with E-state index in [1.165, 1.54) is 12.1 Å². The molecule has 0 fully saturated rings. The molecule has 0 amide bonds. The van der Waals surface area contributed by atoms with Crippen LogP contribution in [0.4, 0.5) is 4.39 Å². The van der Waals surface area contributed by atoms with Crippen LogP contribution >= 0.6 is 0 Å². The fraction of sp³-hybridized carbons (Fsp3) is 0.0909. The lowest BCUT2D eigenvalue weighted by Gasteiger charge is -2.04. The van der Waals surface area contributed by atoms with Gasteiger partial charge in [-0.1, -0.05) is 55.5 Å². The van der Waals surface area contributed by atoms with E-state index in [0.717, 1.165) is 16.5 Å². The number of hydrogen-bond acceptors (Lipinski definition) is 2. The van der Waals surface area contributed by atoms with E-state index in [2.05, 4.69) is 0 Å². The standard InChI is InChI=1S/C22H17FO2S/c1-2-26(24)22-19-14-16(15-7-4-3-5-8-15)11-12-20(19)25-21(22)17-9-6-10-18(23)13-17/h3-14H,2H2,1H3/t26-/m0/s1. The molecule has 0 aliphatic rings. The summed E-state index contributed by atoms with van der Waals surface area (Å²) in [6.45, 7) is 1.87. The predicted octanol–water partition coefficient (Wildman–Crippen LogP) is 6.03. The van der Waals surface area contributed by atoms with Gasteiger partial charge in [-0.25, -0.2) is 4.39 Å². The van der Waals surface area contributed by atoms with Crippen LogP contribution in [-0.4, -0.2) is 9.96 Å². The average molecular weight is 364 g/mol. The SMILES string of the molecule is CC[S@](=O)c1c(-c2cccc(F)c2)oc2ccc(-c3ccccc3)cc12. The van der Waals surface area contributed by atoms with Crippen LogP contribution in [0.25, 0.3) is 33.4 Å². The third-order valence-corrected chi connectivity index (χ3v) is 5.71. The third kappa shape index (κ3) is 2.97. The third-order valence-electron chi connectivity index (χ3n) is 4.33. The fourth-order valence-electron chi connectivity index (χ4n) is 3.08. The zero-order valence-electron chi connectivity index (χ0n) is 14.2. The zero-order valence-corrected chi connectivity index (χ0v) is 15.1. The molecule has 0 N–H and O–H groups in total. The molecule has 2 nitrogen and oxygen atoms in total. The first-order valence-corrected chi connectivity index (χ1v) is 9.75. The van der Waals surface area contributed by atoms with E-state index in [1.807, 2.05) is 55.5 Å². The molecule has 4 heteroatoms. The Kier molecular flexibility index (Phi) is 4.43. The molecule has 0 saturated heterocycles. The summed E-state index contributed by atoms with van der Waals surface area (Å²) in [5.41, 5.74) is 3.36. The maximum Gasteiger partial charge on any atom is 0.151 e. The van der Waals surface area contributed by atoms with Gasteiger partial charge < -0.3 is 4.42 Å². The minimum absolute atomic E-state index is 0.346. The molecule has 130 valence electrons. The van der Waals surface area contributed by atoms with E-state index >= 15 is 0 Å². The summed E-state index contributed by atoms with van der Waals surface area (Å²) in [6.07, 6.45) is 0. The van der Waals surface area contributed by atoms with Gasteiger partial charge in [0.25, 0.3) is 0 Å². The summed E-state index contributed by atoms with van der Waals surface area (Å²) in [7, 11) is -1.23. The number of halogens is 1. The summed E-state index contributed by atoms with van der Waals surface area (Å²) < 4.78 is 32.5. The van der Waals surface area contributed by atoms with Crippen LogP contribution < -0.4 is 0 Å². The molecule has 4 rings (SSSR count). The molecule has 0 spiro atoms. The minimum Gasteiger partial charge on any atom is -0.455 e. The molecule has 0 unspecified atom stereocenters. The Balaban J connectivity index is 1.97. The van der Waals surface area contributed by atoms with Crippen molar-refractivity contribution in [3.63, 3.8) is 0 Å². The highest BCUT2D eigenvalue weighted by molar-refractivity contribution is 7.85. The van der Waals surface area contributed by atoms with E-state index < -0.39 is 10.8 Å². The van der Waals surface area contributed by atoms with E-state index in [4.69, 9.17) is 4.42 Å². The summed E-state index contributed by atoms with van der Waals surface area (Å²) >= 11 is 0. The van der Waals surface area contributed by atoms with Gasteiger partial charge in [0.15, 0.2) is 5.76 Å². The van der Waals surface area contributed by atoms with Gasteiger partial charge in [0.05, 0.1) is 15.7 Å². The lowest BCUT2D eigenvalue weighted by molar-refractivity contribution is 0.613. The number of furan rings is 1. The lowest BCUT2D eigenvalue weighted by Crippen LogP contribution is -1.95. The number of benzene rings is 3. The quantitative estimate of drug-likeness (QED) is 0.442. The summed E-state index contributed by atoms with van der Waals surface area (Å²) in [4.78, 5) is 0.630. The van der Waals surface area contributed by atoms with Crippen LogP contribution in [0, 0.1) is 5.82 Å². The van der Waals surface area contributed by atoms with Gasteiger partial charge in [0.1, 0.15) is 11.4 Å². The second-order valence-corrected chi connectivity index (χ2v) is 7.66. The molecule has 1 aromatic heterocycles. The first-order valence-electron chi connectivity index (χ1n) is 8.43. The maximum absolute atomic E-state index is 13.7. The normalized spacial score (nSPS) is 12.4. The summed E-state index contributed by atoms with van der Waals surface area (Å²) in [5.74, 6) is 0.595. The van der Waals surface area contributed by atoms with Crippen molar-refractivity contribution in [2.45, 2.75) is 11.8 Å². The van der Waals surface area contributed by atoms with Crippen LogP contribution in [0.3, 0.4) is 0 Å². The van der Waals surface area contributed by atoms with Gasteiger partial charge in [0, 0.05) is 16.7 Å². The molecule has 4 aromatic rings. The van der Waals surface area contributed by atoms with Gasteiger partial charge >= 0.3 is 0 Å². The van der Waals surface area contributed by atoms with E-state index in [-0.39, 0.29) is 5.82 Å². The molecule has 0 bridgehead atoms. The Morgan fingerprint density at radius 3 is 2.38 bits per heavy atom. The average Bonchev–Trinajstić information content (AvgIpc) is 3.07. The van der Waals surface area contributed by atoms with Crippen molar-refractivity contribution in [1.82, 2.24) is 0 Å². The second-order valence-electron chi connectivity index (χ2n) is 5.98. The van der Waals surface area contributed by atoms with Crippen molar-refractivity contribution in [1.29, 1.82) is 0 Å². The van der Waals surface area contributed by atoms with Gasteiger partial charge in [-0.05, 0) is 35.4 Å². The molecule has 0 radical (unpaired) electrons. The van der Waals surface area contributed by atoms with Crippen molar-refractivity contribution in [3.05, 3.63) is 78.6 Å².